The Bertz CT molecular complexity index is 1080. The first-order chi connectivity index (χ1) is 15.5. The van der Waals surface area contributed by atoms with Crippen molar-refractivity contribution in [3.8, 4) is 10.4 Å². The fourth-order valence-electron chi connectivity index (χ4n) is 3.85. The van der Waals surface area contributed by atoms with E-state index >= 15 is 0 Å². The number of nitrogens with one attached hydrogen (secondary N) is 1. The summed E-state index contributed by atoms with van der Waals surface area (Å²) in [5, 5.41) is 3.68. The van der Waals surface area contributed by atoms with Crippen LogP contribution < -0.4 is 5.32 Å². The lowest BCUT2D eigenvalue weighted by atomic mass is 10.1. The first-order valence-electron chi connectivity index (χ1n) is 10.9. The maximum atomic E-state index is 13.4. The number of thiophene rings is 1. The summed E-state index contributed by atoms with van der Waals surface area (Å²) >= 11 is 1.47. The molecule has 2 amide bonds. The highest BCUT2D eigenvalue weighted by Crippen LogP contribution is 2.40. The zero-order valence-corrected chi connectivity index (χ0v) is 19.3. The molecule has 1 saturated heterocycles. The van der Waals surface area contributed by atoms with Crippen molar-refractivity contribution in [2.45, 2.75) is 26.7 Å². The second kappa shape index (κ2) is 10.1. The Balaban J connectivity index is 1.58. The third-order valence-corrected chi connectivity index (χ3v) is 6.97. The molecular formula is C26H28N2O3S. The molecule has 0 aliphatic carbocycles. The van der Waals surface area contributed by atoms with Crippen LogP contribution in [0, 0.1) is 13.8 Å². The van der Waals surface area contributed by atoms with Gasteiger partial charge in [-0.3, -0.25) is 9.59 Å². The van der Waals surface area contributed by atoms with Gasteiger partial charge < -0.3 is 15.0 Å². The molecule has 1 aliphatic heterocycles. The van der Waals surface area contributed by atoms with Crippen LogP contribution in [0.3, 0.4) is 0 Å². The van der Waals surface area contributed by atoms with E-state index in [1.54, 1.807) is 0 Å². The first kappa shape index (κ1) is 22.2. The summed E-state index contributed by atoms with van der Waals surface area (Å²) in [5.41, 5.74) is 4.88. The van der Waals surface area contributed by atoms with Gasteiger partial charge in [0, 0.05) is 24.4 Å². The van der Waals surface area contributed by atoms with Crippen molar-refractivity contribution in [1.29, 1.82) is 0 Å². The lowest BCUT2D eigenvalue weighted by molar-refractivity contribution is -0.116. The van der Waals surface area contributed by atoms with Crippen molar-refractivity contribution < 1.29 is 14.3 Å². The number of nitrogens with zero attached hydrogens (tertiary/aromatic N) is 1. The Hall–Kier alpha value is -2.96. The van der Waals surface area contributed by atoms with E-state index in [1.165, 1.54) is 16.9 Å². The van der Waals surface area contributed by atoms with Crippen LogP contribution in [0.4, 0.5) is 5.00 Å². The largest absolute Gasteiger partial charge is 0.378 e. The summed E-state index contributed by atoms with van der Waals surface area (Å²) in [6.45, 7) is 6.23. The summed E-state index contributed by atoms with van der Waals surface area (Å²) in [6, 6.07) is 18.2. The first-order valence-corrected chi connectivity index (χ1v) is 11.8. The topological polar surface area (TPSA) is 58.6 Å². The Morgan fingerprint density at radius 3 is 2.38 bits per heavy atom. The van der Waals surface area contributed by atoms with Gasteiger partial charge >= 0.3 is 0 Å². The number of ether oxygens (including phenoxy) is 1. The van der Waals surface area contributed by atoms with E-state index in [2.05, 4.69) is 29.6 Å². The van der Waals surface area contributed by atoms with Gasteiger partial charge in [-0.25, -0.2) is 0 Å². The third kappa shape index (κ3) is 5.09. The highest BCUT2D eigenvalue weighted by Gasteiger charge is 2.27. The van der Waals surface area contributed by atoms with E-state index in [1.807, 2.05) is 49.1 Å². The van der Waals surface area contributed by atoms with Gasteiger partial charge in [0.25, 0.3) is 5.91 Å². The predicted molar refractivity (Wildman–Crippen MR) is 129 cm³/mol. The van der Waals surface area contributed by atoms with Gasteiger partial charge in [-0.05, 0) is 37.0 Å². The van der Waals surface area contributed by atoms with Crippen LogP contribution in [0.5, 0.6) is 0 Å². The van der Waals surface area contributed by atoms with Gasteiger partial charge in [0.1, 0.15) is 5.00 Å². The Morgan fingerprint density at radius 2 is 1.69 bits per heavy atom. The lowest BCUT2D eigenvalue weighted by Crippen LogP contribution is -2.41. The molecule has 0 bridgehead atoms. The molecule has 32 heavy (non-hydrogen) atoms. The average molecular weight is 449 g/mol. The number of carbonyl (C=O) groups is 2. The molecule has 1 aliphatic rings. The molecule has 0 unspecified atom stereocenters. The van der Waals surface area contributed by atoms with Crippen molar-refractivity contribution in [3.63, 3.8) is 0 Å². The second-order valence-electron chi connectivity index (χ2n) is 8.06. The fraction of sp³-hybridized carbons (Fsp3) is 0.308. The summed E-state index contributed by atoms with van der Waals surface area (Å²) < 4.78 is 5.41. The summed E-state index contributed by atoms with van der Waals surface area (Å²) in [4.78, 5) is 29.0. The van der Waals surface area contributed by atoms with Crippen molar-refractivity contribution in [2.75, 3.05) is 31.6 Å². The minimum atomic E-state index is -0.0811. The standard InChI is InChI=1S/C26H28N2O3S/c1-18-8-10-20(11-9-18)12-13-22(29)27-25-23(26(30)28-14-16-31-17-15-28)19(2)24(32-25)21-6-4-3-5-7-21/h3-11H,12-17H2,1-2H3,(H,27,29). The number of aryl methyl sites for hydroxylation is 2. The van der Waals surface area contributed by atoms with Gasteiger partial charge in [0.05, 0.1) is 18.8 Å². The van der Waals surface area contributed by atoms with Crippen molar-refractivity contribution in [1.82, 2.24) is 4.90 Å². The molecule has 0 radical (unpaired) electrons. The van der Waals surface area contributed by atoms with Gasteiger partial charge in [0.15, 0.2) is 0 Å². The Labute approximate surface area is 193 Å². The van der Waals surface area contributed by atoms with E-state index in [9.17, 15) is 9.59 Å². The SMILES string of the molecule is Cc1ccc(CCC(=O)Nc2sc(-c3ccccc3)c(C)c2C(=O)N2CCOCC2)cc1. The van der Waals surface area contributed by atoms with Crippen LogP contribution in [0.2, 0.25) is 0 Å². The fourth-order valence-corrected chi connectivity index (χ4v) is 5.07. The zero-order valence-electron chi connectivity index (χ0n) is 18.5. The third-order valence-electron chi connectivity index (χ3n) is 5.71. The summed E-state index contributed by atoms with van der Waals surface area (Å²) in [6.07, 6.45) is 1.03. The number of carbonyl (C=O) groups excluding carboxylic acids is 2. The summed E-state index contributed by atoms with van der Waals surface area (Å²) in [5.74, 6) is -0.125. The maximum absolute atomic E-state index is 13.4. The molecule has 2 heterocycles. The molecule has 1 fully saturated rings. The Kier molecular flexibility index (Phi) is 7.02. The molecule has 3 aromatic rings. The van der Waals surface area contributed by atoms with Gasteiger partial charge in [-0.1, -0.05) is 60.2 Å². The highest BCUT2D eigenvalue weighted by atomic mass is 32.1. The minimum Gasteiger partial charge on any atom is -0.378 e. The van der Waals surface area contributed by atoms with Crippen LogP contribution in [-0.4, -0.2) is 43.0 Å². The van der Waals surface area contributed by atoms with Crippen LogP contribution in [-0.2, 0) is 16.0 Å². The minimum absolute atomic E-state index is 0.0435. The van der Waals surface area contributed by atoms with E-state index in [0.717, 1.165) is 21.6 Å². The molecule has 166 valence electrons. The van der Waals surface area contributed by atoms with Crippen molar-refractivity contribution in [3.05, 3.63) is 76.9 Å². The zero-order chi connectivity index (χ0) is 22.5. The van der Waals surface area contributed by atoms with E-state index in [-0.39, 0.29) is 11.8 Å². The molecule has 5 nitrogen and oxygen atoms in total. The predicted octanol–water partition coefficient (Wildman–Crippen LogP) is 5.08. The number of benzene rings is 2. The monoisotopic (exact) mass is 448 g/mol. The number of hydrogen-bond donors (Lipinski definition) is 1. The van der Waals surface area contributed by atoms with Crippen LogP contribution in [0.1, 0.15) is 33.5 Å². The molecule has 1 N–H and O–H groups in total. The number of morpholine rings is 1. The second-order valence-corrected chi connectivity index (χ2v) is 9.09. The number of amides is 2. The summed E-state index contributed by atoms with van der Waals surface area (Å²) in [7, 11) is 0. The average Bonchev–Trinajstić information content (AvgIpc) is 3.14. The van der Waals surface area contributed by atoms with Gasteiger partial charge in [-0.15, -0.1) is 11.3 Å². The van der Waals surface area contributed by atoms with E-state index in [0.29, 0.717) is 49.7 Å². The smallest absolute Gasteiger partial charge is 0.257 e. The molecule has 0 spiro atoms. The van der Waals surface area contributed by atoms with Crippen molar-refractivity contribution >= 4 is 28.2 Å². The number of rotatable bonds is 6. The number of hydrogen-bond acceptors (Lipinski definition) is 4. The molecule has 6 heteroatoms. The van der Waals surface area contributed by atoms with E-state index < -0.39 is 0 Å². The highest BCUT2D eigenvalue weighted by molar-refractivity contribution is 7.20. The molecule has 4 rings (SSSR count). The number of anilines is 1. The molecular weight excluding hydrogens is 420 g/mol. The molecule has 0 saturated carbocycles. The van der Waals surface area contributed by atoms with Gasteiger partial charge in [-0.2, -0.15) is 0 Å². The molecule has 0 atom stereocenters. The quantitative estimate of drug-likeness (QED) is 0.572. The van der Waals surface area contributed by atoms with Crippen LogP contribution >= 0.6 is 11.3 Å². The Morgan fingerprint density at radius 1 is 1.00 bits per heavy atom. The lowest BCUT2D eigenvalue weighted by Gasteiger charge is -2.27. The van der Waals surface area contributed by atoms with Crippen molar-refractivity contribution in [2.24, 2.45) is 0 Å². The van der Waals surface area contributed by atoms with Gasteiger partial charge in [0.2, 0.25) is 5.91 Å². The van der Waals surface area contributed by atoms with Crippen LogP contribution in [0.15, 0.2) is 54.6 Å². The molecule has 2 aromatic carbocycles. The normalized spacial score (nSPS) is 13.8. The molecule has 1 aromatic heterocycles. The van der Waals surface area contributed by atoms with E-state index in [4.69, 9.17) is 4.74 Å². The maximum Gasteiger partial charge on any atom is 0.257 e. The van der Waals surface area contributed by atoms with Crippen LogP contribution in [0.25, 0.3) is 10.4 Å².